The van der Waals surface area contributed by atoms with Crippen molar-refractivity contribution in [2.75, 3.05) is 82.5 Å². The molecule has 4 amide bonds. The number of carbonyl (C=O) groups excluding carboxylic acids is 4. The van der Waals surface area contributed by atoms with E-state index in [1.54, 1.807) is 21.9 Å². The molecule has 0 aliphatic carbocycles. The number of carbonyl (C=O) groups is 4. The molecule has 6 fully saturated rings. The largest absolute Gasteiger partial charge is 0.508 e. The normalized spacial score (nSPS) is 22.5. The third-order valence-electron chi connectivity index (χ3n) is 17.7. The molecule has 8 aliphatic heterocycles. The Morgan fingerprint density at radius 1 is 0.831 bits per heavy atom. The molecule has 0 saturated carbocycles. The molecule has 17 nitrogen and oxygen atoms in total. The van der Waals surface area contributed by atoms with Gasteiger partial charge in [0, 0.05) is 69.1 Å². The van der Waals surface area contributed by atoms with E-state index in [-0.39, 0.29) is 64.8 Å². The van der Waals surface area contributed by atoms with Crippen molar-refractivity contribution < 1.29 is 42.9 Å². The number of halogens is 1. The Morgan fingerprint density at radius 2 is 1.58 bits per heavy atom. The summed E-state index contributed by atoms with van der Waals surface area (Å²) < 4.78 is 34.0. The summed E-state index contributed by atoms with van der Waals surface area (Å²) in [6, 6.07) is 16.7. The molecule has 10 heterocycles. The number of piperidine rings is 3. The van der Waals surface area contributed by atoms with Gasteiger partial charge in [0.25, 0.3) is 5.91 Å². The van der Waals surface area contributed by atoms with Crippen LogP contribution in [0.15, 0.2) is 54.6 Å². The van der Waals surface area contributed by atoms with Crippen LogP contribution >= 0.6 is 0 Å². The van der Waals surface area contributed by atoms with Gasteiger partial charge in [0.1, 0.15) is 35.4 Å². The van der Waals surface area contributed by atoms with Crippen molar-refractivity contribution in [2.45, 2.75) is 121 Å². The number of anilines is 2. The van der Waals surface area contributed by atoms with E-state index in [0.717, 1.165) is 125 Å². The molecule has 6 saturated heterocycles. The Bertz CT molecular complexity index is 3040. The third kappa shape index (κ3) is 10.2. The van der Waals surface area contributed by atoms with E-state index in [4.69, 9.17) is 29.2 Å². The summed E-state index contributed by atoms with van der Waals surface area (Å²) in [5, 5.41) is 15.2. The fraction of sp³-hybridized carbons (Fsp3) is 0.542. The van der Waals surface area contributed by atoms with Gasteiger partial charge in [0.05, 0.1) is 36.4 Å². The number of nitrogens with one attached hydrogen (secondary N) is 1. The van der Waals surface area contributed by atoms with Gasteiger partial charge in [-0.25, -0.2) is 14.2 Å². The standard InChI is InChI=1S/C32H34FN5O3.C25H32N4O5.C2H6/c33-27-28(24-17-22(39)16-20-6-1-2-7-23(20)24)34-25-9-8-21-18-40-15-5-14-38(21)30-26(25)29(27)35-31(36-30)41-19-32-10-3-12-37(32)13-4-11-32;1-34-25(33)28-12-8-17(9-13-28)16-6-10-27(11-7-16)19-2-3-20-18(14-19)15-29(24(20)32)21-4-5-22(30)26-23(21)31;1-2/h1-2,6-7,16-17,21,39H,3-5,8-15,18-19H2;2-3,14,16-17,21H,4-13,15H2,1H3,(H,26,30,31);1-2H3. The molecule has 2 atom stereocenters. The van der Waals surface area contributed by atoms with Crippen LogP contribution in [0.3, 0.4) is 0 Å². The summed E-state index contributed by atoms with van der Waals surface area (Å²) in [4.78, 5) is 73.7. The average molecular weight is 1050 g/mol. The Morgan fingerprint density at radius 3 is 2.34 bits per heavy atom. The van der Waals surface area contributed by atoms with E-state index in [1.807, 2.05) is 50.2 Å². The van der Waals surface area contributed by atoms with Gasteiger partial charge in [-0.15, -0.1) is 0 Å². The number of amides is 4. The van der Waals surface area contributed by atoms with Crippen LogP contribution in [0.4, 0.5) is 20.7 Å². The van der Waals surface area contributed by atoms with Crippen molar-refractivity contribution in [1.82, 2.24) is 35.0 Å². The summed E-state index contributed by atoms with van der Waals surface area (Å²) in [5.74, 6) is 0.798. The number of imide groups is 1. The Hall–Kier alpha value is -6.66. The van der Waals surface area contributed by atoms with Gasteiger partial charge in [-0.2, -0.15) is 9.97 Å². The molecule has 8 aliphatic rings. The fourth-order valence-electron chi connectivity index (χ4n) is 13.7. The molecule has 3 aromatic carbocycles. The van der Waals surface area contributed by atoms with E-state index in [0.29, 0.717) is 73.4 Å². The van der Waals surface area contributed by atoms with Gasteiger partial charge >= 0.3 is 12.1 Å². The Kier molecular flexibility index (Phi) is 15.2. The maximum atomic E-state index is 16.8. The third-order valence-corrected chi connectivity index (χ3v) is 17.7. The Labute approximate surface area is 449 Å². The molecule has 2 unspecified atom stereocenters. The first kappa shape index (κ1) is 52.4. The Balaban J connectivity index is 0.000000162. The second kappa shape index (κ2) is 22.4. The first-order valence-electron chi connectivity index (χ1n) is 28.2. The van der Waals surface area contributed by atoms with E-state index in [9.17, 15) is 24.3 Å². The zero-order chi connectivity index (χ0) is 53.4. The van der Waals surface area contributed by atoms with Gasteiger partial charge in [-0.05, 0) is 149 Å². The van der Waals surface area contributed by atoms with E-state index in [2.05, 4.69) is 26.1 Å². The topological polar surface area (TPSA) is 183 Å². The highest BCUT2D eigenvalue weighted by atomic mass is 19.1. The molecule has 2 N–H and O–H groups in total. The van der Waals surface area contributed by atoms with Crippen LogP contribution in [-0.2, 0) is 32.0 Å². The molecule has 408 valence electrons. The van der Waals surface area contributed by atoms with Gasteiger partial charge < -0.3 is 38.9 Å². The van der Waals surface area contributed by atoms with E-state index >= 15 is 4.39 Å². The first-order valence-corrected chi connectivity index (χ1v) is 28.2. The van der Waals surface area contributed by atoms with Crippen molar-refractivity contribution in [1.29, 1.82) is 0 Å². The molecule has 77 heavy (non-hydrogen) atoms. The van der Waals surface area contributed by atoms with Crippen LogP contribution in [0.2, 0.25) is 0 Å². The minimum absolute atomic E-state index is 0.0268. The minimum Gasteiger partial charge on any atom is -0.508 e. The van der Waals surface area contributed by atoms with Crippen molar-refractivity contribution in [3.8, 4) is 23.0 Å². The summed E-state index contributed by atoms with van der Waals surface area (Å²) in [6.07, 6.45) is 11.7. The highest BCUT2D eigenvalue weighted by Crippen LogP contribution is 2.43. The predicted octanol–water partition coefficient (Wildman–Crippen LogP) is 8.41. The zero-order valence-electron chi connectivity index (χ0n) is 44.7. The van der Waals surface area contributed by atoms with Gasteiger partial charge in [-0.3, -0.25) is 24.6 Å². The van der Waals surface area contributed by atoms with Crippen molar-refractivity contribution in [3.63, 3.8) is 0 Å². The average Bonchev–Trinajstić information content (AvgIpc) is 4.05. The number of fused-ring (bicyclic) bond motifs is 5. The predicted molar refractivity (Wildman–Crippen MR) is 291 cm³/mol. The minimum atomic E-state index is -0.581. The molecule has 13 rings (SSSR count). The SMILES string of the molecule is CC.COC(=O)N1CCC(C2CCN(c3ccc4c(c3)CN(C3CCC(=O)NC3=O)C4=O)CC2)CC1.Oc1cc(-c2nc3c4c(nc(OCC56CCCN5CCC6)nc4c2F)N2CCCOCC2CC3)c2ccccc2c1. The number of aromatic hydroxyl groups is 1. The van der Waals surface area contributed by atoms with Crippen LogP contribution < -0.4 is 19.9 Å². The lowest BCUT2D eigenvalue weighted by atomic mass is 9.79. The molecule has 0 bridgehead atoms. The second-order valence-electron chi connectivity index (χ2n) is 21.9. The number of likely N-dealkylation sites (tertiary alicyclic amines) is 1. The fourth-order valence-corrected chi connectivity index (χ4v) is 13.7. The molecule has 0 radical (unpaired) electrons. The van der Waals surface area contributed by atoms with Gasteiger partial charge in [-0.1, -0.05) is 38.1 Å². The maximum absolute atomic E-state index is 16.8. The van der Waals surface area contributed by atoms with Crippen molar-refractivity contribution in [3.05, 3.63) is 77.2 Å². The highest BCUT2D eigenvalue weighted by molar-refractivity contribution is 6.06. The summed E-state index contributed by atoms with van der Waals surface area (Å²) in [5.41, 5.74) is 4.50. The van der Waals surface area contributed by atoms with Crippen LogP contribution in [0.25, 0.3) is 32.9 Å². The molecule has 18 heteroatoms. The number of aryl methyl sites for hydroxylation is 1. The molecule has 0 spiro atoms. The number of ether oxygens (including phenoxy) is 3. The van der Waals surface area contributed by atoms with Crippen molar-refractivity contribution in [2.24, 2.45) is 11.8 Å². The molecular weight excluding hydrogens is 982 g/mol. The molecule has 5 aromatic rings. The van der Waals surface area contributed by atoms with E-state index in [1.165, 1.54) is 20.0 Å². The van der Waals surface area contributed by atoms with Crippen LogP contribution in [0.5, 0.6) is 11.8 Å². The summed E-state index contributed by atoms with van der Waals surface area (Å²) in [6.45, 7) is 12.7. The number of pyridine rings is 1. The number of phenolic OH excluding ortho intramolecular Hbond substituents is 1. The number of hydrogen-bond donors (Lipinski definition) is 2. The van der Waals surface area contributed by atoms with Crippen LogP contribution in [-0.4, -0.2) is 149 Å². The second-order valence-corrected chi connectivity index (χ2v) is 21.9. The highest BCUT2D eigenvalue weighted by Gasteiger charge is 2.46. The lowest BCUT2D eigenvalue weighted by Crippen LogP contribution is -2.52. The van der Waals surface area contributed by atoms with Gasteiger partial charge in [0.2, 0.25) is 11.8 Å². The maximum Gasteiger partial charge on any atom is 0.409 e. The number of rotatable bonds is 7. The zero-order valence-corrected chi connectivity index (χ0v) is 44.7. The number of hydrogen-bond acceptors (Lipinski definition) is 14. The molecular formula is C59H72FN9O8. The quantitative estimate of drug-likeness (QED) is 0.148. The lowest BCUT2D eigenvalue weighted by Gasteiger charge is -2.40. The monoisotopic (exact) mass is 1050 g/mol. The smallest absolute Gasteiger partial charge is 0.409 e. The van der Waals surface area contributed by atoms with E-state index < -0.39 is 11.9 Å². The number of benzene rings is 3. The van der Waals surface area contributed by atoms with Crippen LogP contribution in [0.1, 0.15) is 113 Å². The van der Waals surface area contributed by atoms with Crippen molar-refractivity contribution >= 4 is 57.0 Å². The lowest BCUT2D eigenvalue weighted by molar-refractivity contribution is -0.136. The molecule has 2 aromatic heterocycles. The van der Waals surface area contributed by atoms with Crippen LogP contribution in [0, 0.1) is 17.7 Å². The number of nitrogens with zero attached hydrogens (tertiary/aromatic N) is 8. The number of aromatic nitrogens is 3. The number of phenols is 1. The summed E-state index contributed by atoms with van der Waals surface area (Å²) in [7, 11) is 1.44. The summed E-state index contributed by atoms with van der Waals surface area (Å²) >= 11 is 0. The van der Waals surface area contributed by atoms with Gasteiger partial charge in [0.15, 0.2) is 5.82 Å². The number of methoxy groups -OCH3 is 1. The first-order chi connectivity index (χ1) is 37.5.